The smallest absolute Gasteiger partial charge is 0.239 e. The van der Waals surface area contributed by atoms with Gasteiger partial charge in [0.1, 0.15) is 13.2 Å². The summed E-state index contributed by atoms with van der Waals surface area (Å²) >= 11 is 5.96. The van der Waals surface area contributed by atoms with E-state index in [0.29, 0.717) is 41.0 Å². The molecule has 3 rings (SSSR count). The number of halogens is 1. The summed E-state index contributed by atoms with van der Waals surface area (Å²) in [6.45, 7) is 0.527. The molecule has 1 heterocycles. The van der Waals surface area contributed by atoms with Crippen molar-refractivity contribution in [2.24, 2.45) is 0 Å². The normalized spacial score (nSPS) is 13.3. The van der Waals surface area contributed by atoms with Crippen LogP contribution in [-0.4, -0.2) is 34.1 Å². The Morgan fingerprint density at radius 2 is 1.81 bits per heavy atom. The summed E-state index contributed by atoms with van der Waals surface area (Å²) < 4.78 is 37.3. The van der Waals surface area contributed by atoms with E-state index in [9.17, 15) is 13.2 Å². The van der Waals surface area contributed by atoms with Crippen LogP contribution >= 0.6 is 11.6 Å². The van der Waals surface area contributed by atoms with Crippen molar-refractivity contribution in [2.75, 3.05) is 25.1 Å². The second kappa shape index (κ2) is 7.94. The van der Waals surface area contributed by atoms with E-state index in [1.54, 1.807) is 42.5 Å². The molecule has 2 N–H and O–H groups in total. The molecule has 0 aromatic heterocycles. The highest BCUT2D eigenvalue weighted by Gasteiger charge is 2.16. The SMILES string of the molecule is O=C(CNS(=O)(=O)Cc1ccccc1Cl)Nc1ccc2c(c1)OCCO2. The van der Waals surface area contributed by atoms with Crippen molar-refractivity contribution in [1.29, 1.82) is 0 Å². The molecule has 1 aliphatic heterocycles. The van der Waals surface area contributed by atoms with Crippen LogP contribution < -0.4 is 19.5 Å². The van der Waals surface area contributed by atoms with Gasteiger partial charge in [0.25, 0.3) is 0 Å². The summed E-state index contributed by atoms with van der Waals surface area (Å²) in [5.74, 6) is 0.344. The highest BCUT2D eigenvalue weighted by Crippen LogP contribution is 2.32. The third-order valence-electron chi connectivity index (χ3n) is 3.58. The van der Waals surface area contributed by atoms with Gasteiger partial charge in [-0.05, 0) is 23.8 Å². The fourth-order valence-corrected chi connectivity index (χ4v) is 3.77. The van der Waals surface area contributed by atoms with Crippen molar-refractivity contribution in [3.05, 3.63) is 53.1 Å². The number of carbonyl (C=O) groups excluding carboxylic acids is 1. The van der Waals surface area contributed by atoms with E-state index in [1.807, 2.05) is 0 Å². The maximum absolute atomic E-state index is 12.1. The highest BCUT2D eigenvalue weighted by atomic mass is 35.5. The minimum absolute atomic E-state index is 0.302. The van der Waals surface area contributed by atoms with Gasteiger partial charge in [-0.1, -0.05) is 29.8 Å². The van der Waals surface area contributed by atoms with Crippen LogP contribution in [0.1, 0.15) is 5.56 Å². The zero-order chi connectivity index (χ0) is 18.6. The molecule has 2 aromatic carbocycles. The topological polar surface area (TPSA) is 93.7 Å². The van der Waals surface area contributed by atoms with E-state index in [-0.39, 0.29) is 12.3 Å². The maximum atomic E-state index is 12.1. The second-order valence-corrected chi connectivity index (χ2v) is 7.79. The number of hydrogen-bond donors (Lipinski definition) is 2. The third kappa shape index (κ3) is 4.87. The number of benzene rings is 2. The average Bonchev–Trinajstić information content (AvgIpc) is 2.62. The number of rotatable bonds is 6. The lowest BCUT2D eigenvalue weighted by atomic mass is 10.2. The summed E-state index contributed by atoms with van der Waals surface area (Å²) in [5.41, 5.74) is 0.957. The summed E-state index contributed by atoms with van der Waals surface area (Å²) in [5, 5.41) is 2.97. The summed E-state index contributed by atoms with van der Waals surface area (Å²) in [6.07, 6.45) is 0. The number of nitrogens with one attached hydrogen (secondary N) is 2. The van der Waals surface area contributed by atoms with Crippen LogP contribution in [0.15, 0.2) is 42.5 Å². The fourth-order valence-electron chi connectivity index (χ4n) is 2.37. The zero-order valence-corrected chi connectivity index (χ0v) is 15.3. The molecule has 9 heteroatoms. The van der Waals surface area contributed by atoms with Crippen LogP contribution in [0.2, 0.25) is 5.02 Å². The number of amides is 1. The monoisotopic (exact) mass is 396 g/mol. The lowest BCUT2D eigenvalue weighted by Crippen LogP contribution is -2.33. The molecular weight excluding hydrogens is 380 g/mol. The van der Waals surface area contributed by atoms with Gasteiger partial charge in [-0.3, -0.25) is 4.79 Å². The molecule has 0 spiro atoms. The minimum atomic E-state index is -3.70. The largest absolute Gasteiger partial charge is 0.486 e. The second-order valence-electron chi connectivity index (χ2n) is 5.58. The first-order valence-corrected chi connectivity index (χ1v) is 9.86. The number of ether oxygens (including phenoxy) is 2. The Bertz CT molecular complexity index is 917. The minimum Gasteiger partial charge on any atom is -0.486 e. The molecule has 7 nitrogen and oxygen atoms in total. The number of fused-ring (bicyclic) bond motifs is 1. The molecule has 0 saturated heterocycles. The van der Waals surface area contributed by atoms with Crippen molar-refractivity contribution in [2.45, 2.75) is 5.75 Å². The Balaban J connectivity index is 1.56. The molecule has 0 radical (unpaired) electrons. The van der Waals surface area contributed by atoms with Gasteiger partial charge < -0.3 is 14.8 Å². The van der Waals surface area contributed by atoms with Crippen molar-refractivity contribution in [3.8, 4) is 11.5 Å². The molecule has 0 unspecified atom stereocenters. The van der Waals surface area contributed by atoms with E-state index in [0.717, 1.165) is 0 Å². The number of hydrogen-bond acceptors (Lipinski definition) is 5. The van der Waals surface area contributed by atoms with Gasteiger partial charge in [-0.15, -0.1) is 0 Å². The first kappa shape index (κ1) is 18.5. The standard InChI is InChI=1S/C17H17ClN2O5S/c18-14-4-2-1-3-12(14)11-26(22,23)19-10-17(21)20-13-5-6-15-16(9-13)25-8-7-24-15/h1-6,9,19H,7-8,10-11H2,(H,20,21). The highest BCUT2D eigenvalue weighted by molar-refractivity contribution is 7.88. The maximum Gasteiger partial charge on any atom is 0.239 e. The summed E-state index contributed by atoms with van der Waals surface area (Å²) in [4.78, 5) is 12.0. The molecule has 1 aliphatic rings. The summed E-state index contributed by atoms with van der Waals surface area (Å²) in [6, 6.07) is 11.6. The van der Waals surface area contributed by atoms with Gasteiger partial charge in [-0.25, -0.2) is 13.1 Å². The molecule has 138 valence electrons. The Hall–Kier alpha value is -2.29. The molecule has 26 heavy (non-hydrogen) atoms. The first-order valence-electron chi connectivity index (χ1n) is 7.83. The molecule has 0 saturated carbocycles. The van der Waals surface area contributed by atoms with E-state index >= 15 is 0 Å². The zero-order valence-electron chi connectivity index (χ0n) is 13.7. The molecule has 2 aromatic rings. The van der Waals surface area contributed by atoms with Crippen molar-refractivity contribution >= 4 is 33.2 Å². The quantitative estimate of drug-likeness (QED) is 0.780. The molecule has 0 bridgehead atoms. The van der Waals surface area contributed by atoms with Crippen LogP contribution in [0.4, 0.5) is 5.69 Å². The Kier molecular flexibility index (Phi) is 5.65. The lowest BCUT2D eigenvalue weighted by Gasteiger charge is -2.19. The van der Waals surface area contributed by atoms with Crippen molar-refractivity contribution in [1.82, 2.24) is 4.72 Å². The van der Waals surface area contributed by atoms with Gasteiger partial charge in [0.15, 0.2) is 11.5 Å². The van der Waals surface area contributed by atoms with Gasteiger partial charge in [0.2, 0.25) is 15.9 Å². The van der Waals surface area contributed by atoms with E-state index in [1.165, 1.54) is 0 Å². The number of anilines is 1. The Labute approximate surface area is 156 Å². The molecule has 1 amide bonds. The van der Waals surface area contributed by atoms with Crippen LogP contribution in [0.3, 0.4) is 0 Å². The van der Waals surface area contributed by atoms with Gasteiger partial charge in [0.05, 0.1) is 12.3 Å². The number of sulfonamides is 1. The predicted molar refractivity (Wildman–Crippen MR) is 98.1 cm³/mol. The third-order valence-corrected chi connectivity index (χ3v) is 5.23. The lowest BCUT2D eigenvalue weighted by molar-refractivity contribution is -0.115. The first-order chi connectivity index (χ1) is 12.4. The van der Waals surface area contributed by atoms with Crippen LogP contribution in [0.25, 0.3) is 0 Å². The van der Waals surface area contributed by atoms with Crippen molar-refractivity contribution in [3.63, 3.8) is 0 Å². The molecule has 0 aliphatic carbocycles. The number of carbonyl (C=O) groups is 1. The fraction of sp³-hybridized carbons (Fsp3) is 0.235. The van der Waals surface area contributed by atoms with Crippen molar-refractivity contribution < 1.29 is 22.7 Å². The Morgan fingerprint density at radius 3 is 2.58 bits per heavy atom. The Morgan fingerprint density at radius 1 is 1.08 bits per heavy atom. The molecule has 0 atom stereocenters. The predicted octanol–water partition coefficient (Wildman–Crippen LogP) is 2.17. The average molecular weight is 397 g/mol. The summed E-state index contributed by atoms with van der Waals surface area (Å²) in [7, 11) is -3.70. The van der Waals surface area contributed by atoms with Crippen LogP contribution in [0, 0.1) is 0 Å². The molecular formula is C17H17ClN2O5S. The van der Waals surface area contributed by atoms with E-state index < -0.39 is 15.9 Å². The van der Waals surface area contributed by atoms with Gasteiger partial charge >= 0.3 is 0 Å². The van der Waals surface area contributed by atoms with Gasteiger partial charge in [0, 0.05) is 16.8 Å². The molecule has 0 fully saturated rings. The van der Waals surface area contributed by atoms with E-state index in [2.05, 4.69) is 10.0 Å². The van der Waals surface area contributed by atoms with Gasteiger partial charge in [-0.2, -0.15) is 0 Å². The van der Waals surface area contributed by atoms with Crippen LogP contribution in [-0.2, 0) is 20.6 Å². The van der Waals surface area contributed by atoms with E-state index in [4.69, 9.17) is 21.1 Å². The van der Waals surface area contributed by atoms with Crippen LogP contribution in [0.5, 0.6) is 11.5 Å².